The molecular weight excluding hydrogens is 263 g/mol. The van der Waals surface area contributed by atoms with Crippen LogP contribution in [0.15, 0.2) is 35.9 Å². The summed E-state index contributed by atoms with van der Waals surface area (Å²) in [5.41, 5.74) is 4.52. The number of aromatic nitrogens is 3. The zero-order valence-electron chi connectivity index (χ0n) is 9.33. The minimum Gasteiger partial charge on any atom is -0.409 e. The Bertz CT molecular complexity index is 620. The summed E-state index contributed by atoms with van der Waals surface area (Å²) in [7, 11) is 0. The summed E-state index contributed by atoms with van der Waals surface area (Å²) in [4.78, 5) is 7.58. The third-order valence-corrected chi connectivity index (χ3v) is 2.30. The molecule has 2 aromatic heterocycles. The van der Waals surface area contributed by atoms with Gasteiger partial charge in [-0.2, -0.15) is 13.2 Å². The highest BCUT2D eigenvalue weighted by molar-refractivity contribution is 5.94. The Morgan fingerprint density at radius 3 is 2.68 bits per heavy atom. The number of oxime groups is 1. The van der Waals surface area contributed by atoms with E-state index >= 15 is 0 Å². The van der Waals surface area contributed by atoms with Crippen LogP contribution in [0.1, 0.15) is 11.4 Å². The number of nitrogens with zero attached hydrogens (tertiary/aromatic N) is 4. The van der Waals surface area contributed by atoms with Crippen molar-refractivity contribution in [3.8, 4) is 5.82 Å². The second-order valence-corrected chi connectivity index (χ2v) is 3.51. The summed E-state index contributed by atoms with van der Waals surface area (Å²) in [5, 5.41) is 11.3. The van der Waals surface area contributed by atoms with Gasteiger partial charge in [-0.05, 0) is 12.1 Å². The first-order chi connectivity index (χ1) is 8.93. The third-order valence-electron chi connectivity index (χ3n) is 2.30. The van der Waals surface area contributed by atoms with E-state index in [1.165, 1.54) is 17.0 Å². The van der Waals surface area contributed by atoms with Crippen molar-refractivity contribution in [2.24, 2.45) is 10.9 Å². The van der Waals surface area contributed by atoms with Crippen molar-refractivity contribution < 1.29 is 18.4 Å². The van der Waals surface area contributed by atoms with E-state index in [1.54, 1.807) is 0 Å². The van der Waals surface area contributed by atoms with Gasteiger partial charge in [0.1, 0.15) is 5.82 Å². The van der Waals surface area contributed by atoms with Crippen molar-refractivity contribution in [1.29, 1.82) is 0 Å². The lowest BCUT2D eigenvalue weighted by molar-refractivity contribution is -0.137. The zero-order valence-corrected chi connectivity index (χ0v) is 9.33. The summed E-state index contributed by atoms with van der Waals surface area (Å²) in [5.74, 6) is -0.368. The molecule has 2 aromatic rings. The second-order valence-electron chi connectivity index (χ2n) is 3.51. The van der Waals surface area contributed by atoms with Crippen molar-refractivity contribution >= 4 is 5.84 Å². The molecule has 0 aliphatic rings. The molecule has 0 aliphatic carbocycles. The second kappa shape index (κ2) is 4.59. The van der Waals surface area contributed by atoms with E-state index < -0.39 is 11.7 Å². The van der Waals surface area contributed by atoms with Crippen LogP contribution < -0.4 is 5.73 Å². The fourth-order valence-corrected chi connectivity index (χ4v) is 1.45. The van der Waals surface area contributed by atoms with E-state index in [0.29, 0.717) is 0 Å². The molecule has 100 valence electrons. The van der Waals surface area contributed by atoms with E-state index in [2.05, 4.69) is 15.1 Å². The average molecular weight is 271 g/mol. The highest BCUT2D eigenvalue weighted by Gasteiger charge is 2.31. The van der Waals surface area contributed by atoms with Gasteiger partial charge in [-0.25, -0.2) is 9.97 Å². The molecule has 0 saturated heterocycles. The molecule has 0 fully saturated rings. The van der Waals surface area contributed by atoms with Gasteiger partial charge in [0, 0.05) is 18.6 Å². The van der Waals surface area contributed by atoms with Crippen LogP contribution in [-0.4, -0.2) is 25.6 Å². The van der Waals surface area contributed by atoms with E-state index in [-0.39, 0.29) is 17.5 Å². The quantitative estimate of drug-likeness (QED) is 0.374. The molecule has 9 heteroatoms. The van der Waals surface area contributed by atoms with Gasteiger partial charge in [-0.3, -0.25) is 4.57 Å². The van der Waals surface area contributed by atoms with Gasteiger partial charge in [-0.15, -0.1) is 0 Å². The topological polar surface area (TPSA) is 89.3 Å². The molecule has 19 heavy (non-hydrogen) atoms. The first-order valence-electron chi connectivity index (χ1n) is 4.98. The van der Waals surface area contributed by atoms with E-state index in [0.717, 1.165) is 18.3 Å². The van der Waals surface area contributed by atoms with Crippen LogP contribution in [0.25, 0.3) is 5.82 Å². The molecule has 0 saturated carbocycles. The summed E-state index contributed by atoms with van der Waals surface area (Å²) in [6.45, 7) is 0. The summed E-state index contributed by atoms with van der Waals surface area (Å²) < 4.78 is 39.0. The third kappa shape index (κ3) is 2.49. The number of hydrogen-bond donors (Lipinski definition) is 2. The lowest BCUT2D eigenvalue weighted by atomic mass is 10.2. The first kappa shape index (κ1) is 12.9. The number of alkyl halides is 3. The Balaban J connectivity index is 2.52. The number of amidine groups is 1. The maximum absolute atomic E-state index is 12.6. The van der Waals surface area contributed by atoms with Gasteiger partial charge in [0.05, 0.1) is 5.56 Å². The predicted molar refractivity (Wildman–Crippen MR) is 58.9 cm³/mol. The number of imidazole rings is 1. The number of rotatable bonds is 2. The van der Waals surface area contributed by atoms with Crippen LogP contribution in [-0.2, 0) is 6.18 Å². The molecule has 0 bridgehead atoms. The Kier molecular flexibility index (Phi) is 3.11. The number of nitrogens with two attached hydrogens (primary N) is 1. The Morgan fingerprint density at radius 1 is 1.32 bits per heavy atom. The Morgan fingerprint density at radius 2 is 2.05 bits per heavy atom. The molecule has 0 amide bonds. The van der Waals surface area contributed by atoms with Crippen LogP contribution in [0.5, 0.6) is 0 Å². The van der Waals surface area contributed by atoms with E-state index in [1.807, 2.05) is 0 Å². The number of pyridine rings is 1. The predicted octanol–water partition coefficient (Wildman–Crippen LogP) is 1.38. The van der Waals surface area contributed by atoms with Gasteiger partial charge in [0.15, 0.2) is 5.82 Å². The largest absolute Gasteiger partial charge is 0.416 e. The molecule has 0 spiro atoms. The molecule has 0 atom stereocenters. The van der Waals surface area contributed by atoms with Gasteiger partial charge >= 0.3 is 6.18 Å². The van der Waals surface area contributed by atoms with Crippen LogP contribution in [0.3, 0.4) is 0 Å². The van der Waals surface area contributed by atoms with Crippen molar-refractivity contribution in [2.75, 3.05) is 0 Å². The van der Waals surface area contributed by atoms with Gasteiger partial charge in [0.25, 0.3) is 0 Å². The van der Waals surface area contributed by atoms with Gasteiger partial charge in [-0.1, -0.05) is 5.16 Å². The SMILES string of the molecule is NC(=NO)c1nccn1-c1cc(C(F)(F)F)ccn1. The first-order valence-corrected chi connectivity index (χ1v) is 4.98. The van der Waals surface area contributed by atoms with Crippen LogP contribution in [0, 0.1) is 0 Å². The van der Waals surface area contributed by atoms with Crippen LogP contribution >= 0.6 is 0 Å². The molecule has 6 nitrogen and oxygen atoms in total. The average Bonchev–Trinajstić information content (AvgIpc) is 2.86. The number of halogens is 3. The summed E-state index contributed by atoms with van der Waals surface area (Å²) in [6, 6.07) is 1.69. The minimum absolute atomic E-state index is 0.00526. The maximum Gasteiger partial charge on any atom is 0.416 e. The van der Waals surface area contributed by atoms with Crippen LogP contribution in [0.2, 0.25) is 0 Å². The molecule has 0 aromatic carbocycles. The summed E-state index contributed by atoms with van der Waals surface area (Å²) in [6.07, 6.45) is -0.797. The highest BCUT2D eigenvalue weighted by Crippen LogP contribution is 2.29. The fourth-order valence-electron chi connectivity index (χ4n) is 1.45. The molecule has 0 radical (unpaired) electrons. The molecule has 0 unspecified atom stereocenters. The van der Waals surface area contributed by atoms with Gasteiger partial charge < -0.3 is 10.9 Å². The van der Waals surface area contributed by atoms with E-state index in [9.17, 15) is 13.2 Å². The Hall–Kier alpha value is -2.58. The molecular formula is C10H8F3N5O. The maximum atomic E-state index is 12.6. The molecule has 2 heterocycles. The molecule has 3 N–H and O–H groups in total. The van der Waals surface area contributed by atoms with Crippen molar-refractivity contribution in [2.45, 2.75) is 6.18 Å². The molecule has 2 rings (SSSR count). The van der Waals surface area contributed by atoms with Crippen molar-refractivity contribution in [3.05, 3.63) is 42.1 Å². The summed E-state index contributed by atoms with van der Waals surface area (Å²) >= 11 is 0. The Labute approximate surface area is 105 Å². The fraction of sp³-hybridized carbons (Fsp3) is 0.100. The standard InChI is InChI=1S/C10H8F3N5O/c11-10(12,13)6-1-2-15-7(5-6)18-4-3-16-9(18)8(14)17-19/h1-5,19H,(H2,14,17). The molecule has 0 aliphatic heterocycles. The number of hydrogen-bond acceptors (Lipinski definition) is 4. The lowest BCUT2D eigenvalue weighted by Gasteiger charge is -2.09. The van der Waals surface area contributed by atoms with Gasteiger partial charge in [0.2, 0.25) is 5.84 Å². The zero-order chi connectivity index (χ0) is 14.0. The lowest BCUT2D eigenvalue weighted by Crippen LogP contribution is -2.19. The van der Waals surface area contributed by atoms with Crippen LogP contribution in [0.4, 0.5) is 13.2 Å². The normalized spacial score (nSPS) is 12.7. The smallest absolute Gasteiger partial charge is 0.409 e. The highest BCUT2D eigenvalue weighted by atomic mass is 19.4. The minimum atomic E-state index is -4.48. The van der Waals surface area contributed by atoms with Crippen molar-refractivity contribution in [3.63, 3.8) is 0 Å². The monoisotopic (exact) mass is 271 g/mol. The van der Waals surface area contributed by atoms with E-state index in [4.69, 9.17) is 10.9 Å². The van der Waals surface area contributed by atoms with Crippen molar-refractivity contribution in [1.82, 2.24) is 14.5 Å².